The van der Waals surface area contributed by atoms with E-state index in [1.165, 1.54) is 55.8 Å². The predicted molar refractivity (Wildman–Crippen MR) is 164 cm³/mol. The van der Waals surface area contributed by atoms with Crippen molar-refractivity contribution in [1.82, 2.24) is 9.66 Å². The number of fused-ring (bicyclic) bond motifs is 2. The third-order valence-corrected chi connectivity index (χ3v) is 6.72. The number of carbonyl (C=O) groups is 1. The number of nitrogens with one attached hydrogen (secondary N) is 1. The van der Waals surface area contributed by atoms with Gasteiger partial charge in [-0.2, -0.15) is 9.78 Å². The van der Waals surface area contributed by atoms with Gasteiger partial charge in [0, 0.05) is 23.4 Å². The van der Waals surface area contributed by atoms with Gasteiger partial charge in [-0.1, -0.05) is 18.2 Å². The summed E-state index contributed by atoms with van der Waals surface area (Å²) < 4.78 is 31.3. The van der Waals surface area contributed by atoms with Crippen LogP contribution in [0.1, 0.15) is 5.56 Å². The average Bonchev–Trinajstić information content (AvgIpc) is 3.49. The van der Waals surface area contributed by atoms with E-state index >= 15 is 0 Å². The number of benzene rings is 4. The van der Waals surface area contributed by atoms with Crippen LogP contribution in [-0.2, 0) is 4.79 Å². The van der Waals surface area contributed by atoms with Gasteiger partial charge in [0.1, 0.15) is 22.9 Å². The normalized spacial score (nSPS) is 11.2. The molecule has 0 bridgehead atoms. The number of halogens is 1. The standard InChI is InChI=1S/C32H22FN5O7/c1-43-27-7-4-8-28-24(27)16-29(45-28)31-36-25-6-3-2-5-23(25)32(40)37(31)34-17-19-15-22(38(41)42)13-14-26(19)44-18-30(39)35-21-11-9-20(33)10-12-21/h2-17H,18H2,1H3,(H,35,39). The van der Waals surface area contributed by atoms with Crippen LogP contribution in [0.3, 0.4) is 0 Å². The number of nitrogens with zero attached hydrogens (tertiary/aromatic N) is 4. The SMILES string of the molecule is COc1cccc2oc(-c3nc4ccccc4c(=O)n3N=Cc3cc([N+](=O)[O-])ccc3OCC(=O)Nc3ccc(F)cc3)cc12. The van der Waals surface area contributed by atoms with Crippen LogP contribution in [-0.4, -0.2) is 40.4 Å². The molecule has 6 aromatic rings. The van der Waals surface area contributed by atoms with Gasteiger partial charge in [-0.25, -0.2) is 9.37 Å². The molecule has 4 aromatic carbocycles. The number of ether oxygens (including phenoxy) is 2. The summed E-state index contributed by atoms with van der Waals surface area (Å²) in [7, 11) is 1.53. The predicted octanol–water partition coefficient (Wildman–Crippen LogP) is 5.77. The third-order valence-electron chi connectivity index (χ3n) is 6.72. The first kappa shape index (κ1) is 28.7. The van der Waals surface area contributed by atoms with Gasteiger partial charge < -0.3 is 19.2 Å². The first-order valence-electron chi connectivity index (χ1n) is 13.4. The van der Waals surface area contributed by atoms with E-state index in [0.29, 0.717) is 27.9 Å². The highest BCUT2D eigenvalue weighted by Crippen LogP contribution is 2.33. The van der Waals surface area contributed by atoms with E-state index in [1.807, 2.05) is 0 Å². The van der Waals surface area contributed by atoms with Crippen molar-refractivity contribution in [3.05, 3.63) is 123 Å². The maximum Gasteiger partial charge on any atom is 0.282 e. The second-order valence-electron chi connectivity index (χ2n) is 9.62. The van der Waals surface area contributed by atoms with Gasteiger partial charge in [-0.05, 0) is 60.7 Å². The van der Waals surface area contributed by atoms with Crippen molar-refractivity contribution in [1.29, 1.82) is 0 Å². The number of amides is 1. The largest absolute Gasteiger partial charge is 0.496 e. The number of furan rings is 1. The minimum absolute atomic E-state index is 0.0692. The van der Waals surface area contributed by atoms with E-state index in [-0.39, 0.29) is 34.0 Å². The fraction of sp³-hybridized carbons (Fsp3) is 0.0625. The number of non-ortho nitro benzene ring substituents is 1. The van der Waals surface area contributed by atoms with Crippen LogP contribution in [0.25, 0.3) is 33.5 Å². The summed E-state index contributed by atoms with van der Waals surface area (Å²) in [6, 6.07) is 22.6. The highest BCUT2D eigenvalue weighted by atomic mass is 19.1. The van der Waals surface area contributed by atoms with E-state index in [4.69, 9.17) is 13.9 Å². The maximum absolute atomic E-state index is 13.7. The number of rotatable bonds is 9. The van der Waals surface area contributed by atoms with Crippen molar-refractivity contribution in [2.24, 2.45) is 5.10 Å². The number of aromatic nitrogens is 2. The van der Waals surface area contributed by atoms with Crippen molar-refractivity contribution >= 4 is 45.4 Å². The van der Waals surface area contributed by atoms with Crippen LogP contribution in [0.2, 0.25) is 0 Å². The summed E-state index contributed by atoms with van der Waals surface area (Å²) in [5.74, 6) is -0.0800. The zero-order valence-electron chi connectivity index (χ0n) is 23.5. The Balaban J connectivity index is 1.39. The molecule has 0 aliphatic carbocycles. The van der Waals surface area contributed by atoms with Crippen LogP contribution in [0.15, 0.2) is 105 Å². The molecule has 0 fully saturated rings. The zero-order chi connectivity index (χ0) is 31.5. The van der Waals surface area contributed by atoms with Crippen LogP contribution in [0.4, 0.5) is 15.8 Å². The number of para-hydroxylation sites is 1. The smallest absolute Gasteiger partial charge is 0.282 e. The van der Waals surface area contributed by atoms with Gasteiger partial charge in [0.2, 0.25) is 5.82 Å². The number of methoxy groups -OCH3 is 1. The Hall–Kier alpha value is -6.37. The molecule has 0 atom stereocenters. The minimum Gasteiger partial charge on any atom is -0.496 e. The lowest BCUT2D eigenvalue weighted by Crippen LogP contribution is -2.21. The Morgan fingerprint density at radius 1 is 1.04 bits per heavy atom. The van der Waals surface area contributed by atoms with Crippen LogP contribution >= 0.6 is 0 Å². The molecule has 2 heterocycles. The lowest BCUT2D eigenvalue weighted by Gasteiger charge is -2.10. The summed E-state index contributed by atoms with van der Waals surface area (Å²) in [5, 5.41) is 19.4. The molecule has 224 valence electrons. The van der Waals surface area contributed by atoms with Crippen LogP contribution in [0, 0.1) is 15.9 Å². The van der Waals surface area contributed by atoms with Crippen LogP contribution < -0.4 is 20.3 Å². The summed E-state index contributed by atoms with van der Waals surface area (Å²) in [4.78, 5) is 41.8. The summed E-state index contributed by atoms with van der Waals surface area (Å²) in [6.45, 7) is -0.473. The van der Waals surface area contributed by atoms with Crippen molar-refractivity contribution in [2.45, 2.75) is 0 Å². The number of anilines is 1. The van der Waals surface area contributed by atoms with Gasteiger partial charge in [0.25, 0.3) is 17.2 Å². The van der Waals surface area contributed by atoms with E-state index in [0.717, 1.165) is 4.68 Å². The minimum atomic E-state index is -0.598. The number of nitro groups is 1. The molecule has 0 spiro atoms. The quantitative estimate of drug-likeness (QED) is 0.124. The molecule has 1 amide bonds. The Morgan fingerprint density at radius 3 is 2.62 bits per heavy atom. The summed E-state index contributed by atoms with van der Waals surface area (Å²) in [6.07, 6.45) is 1.20. The van der Waals surface area contributed by atoms with E-state index in [2.05, 4.69) is 15.4 Å². The fourth-order valence-corrected chi connectivity index (χ4v) is 4.59. The third kappa shape index (κ3) is 5.95. The van der Waals surface area contributed by atoms with E-state index in [1.54, 1.807) is 48.5 Å². The molecular formula is C32H22FN5O7. The topological polar surface area (TPSA) is 151 Å². The van der Waals surface area contributed by atoms with Crippen molar-refractivity contribution < 1.29 is 28.0 Å². The van der Waals surface area contributed by atoms with Crippen LogP contribution in [0.5, 0.6) is 11.5 Å². The molecule has 13 heteroatoms. The molecule has 45 heavy (non-hydrogen) atoms. The van der Waals surface area contributed by atoms with Crippen molar-refractivity contribution in [3.8, 4) is 23.1 Å². The number of nitro benzene ring substituents is 1. The van der Waals surface area contributed by atoms with Gasteiger partial charge in [0.05, 0.1) is 34.5 Å². The molecule has 0 radical (unpaired) electrons. The molecule has 12 nitrogen and oxygen atoms in total. The zero-order valence-corrected chi connectivity index (χ0v) is 23.5. The number of hydrogen-bond donors (Lipinski definition) is 1. The van der Waals surface area contributed by atoms with Gasteiger partial charge in [-0.3, -0.25) is 19.7 Å². The highest BCUT2D eigenvalue weighted by molar-refractivity contribution is 5.92. The van der Waals surface area contributed by atoms with E-state index < -0.39 is 28.8 Å². The average molecular weight is 608 g/mol. The second kappa shape index (κ2) is 12.1. The number of carbonyl (C=O) groups excluding carboxylic acids is 1. The first-order chi connectivity index (χ1) is 21.8. The summed E-state index contributed by atoms with van der Waals surface area (Å²) in [5.41, 5.74) is 0.572. The van der Waals surface area contributed by atoms with Gasteiger partial charge >= 0.3 is 0 Å². The maximum atomic E-state index is 13.7. The molecule has 2 aromatic heterocycles. The van der Waals surface area contributed by atoms with Gasteiger partial charge in [0.15, 0.2) is 12.4 Å². The second-order valence-corrected chi connectivity index (χ2v) is 9.62. The number of hydrogen-bond acceptors (Lipinski definition) is 9. The lowest BCUT2D eigenvalue weighted by atomic mass is 10.2. The Morgan fingerprint density at radius 2 is 1.84 bits per heavy atom. The molecule has 0 saturated heterocycles. The monoisotopic (exact) mass is 607 g/mol. The Labute approximate surface area is 253 Å². The lowest BCUT2D eigenvalue weighted by molar-refractivity contribution is -0.384. The Kier molecular flexibility index (Phi) is 7.72. The summed E-state index contributed by atoms with van der Waals surface area (Å²) >= 11 is 0. The Bertz CT molecular complexity index is 2170. The first-order valence-corrected chi connectivity index (χ1v) is 13.4. The highest BCUT2D eigenvalue weighted by Gasteiger charge is 2.19. The van der Waals surface area contributed by atoms with Gasteiger partial charge in [-0.15, -0.1) is 0 Å². The molecule has 0 unspecified atom stereocenters. The molecule has 0 aliphatic rings. The fourth-order valence-electron chi connectivity index (χ4n) is 4.59. The van der Waals surface area contributed by atoms with Crippen molar-refractivity contribution in [2.75, 3.05) is 19.0 Å². The van der Waals surface area contributed by atoms with E-state index in [9.17, 15) is 24.1 Å². The molecule has 0 saturated carbocycles. The molecule has 6 rings (SSSR count). The molecule has 1 N–H and O–H groups in total. The molecule has 0 aliphatic heterocycles. The molecular weight excluding hydrogens is 585 g/mol. The van der Waals surface area contributed by atoms with Crippen molar-refractivity contribution in [3.63, 3.8) is 0 Å².